The quantitative estimate of drug-likeness (QED) is 0.563. The van der Waals surface area contributed by atoms with E-state index in [1.165, 1.54) is 41.5 Å². The number of rotatable bonds is 4. The lowest BCUT2D eigenvalue weighted by Crippen LogP contribution is -1.94. The molecule has 1 rings (SSSR count). The number of benzene rings is 1. The van der Waals surface area contributed by atoms with Crippen molar-refractivity contribution in [3.8, 4) is 0 Å². The molecule has 0 radical (unpaired) electrons. The monoisotopic (exact) mass is 208 g/mol. The minimum absolute atomic E-state index is 1.00. The molecule has 1 heteroatoms. The van der Waals surface area contributed by atoms with Crippen LogP contribution in [0, 0.1) is 20.8 Å². The van der Waals surface area contributed by atoms with Gasteiger partial charge in [0.1, 0.15) is 0 Å². The molecule has 0 bridgehead atoms. The maximum absolute atomic E-state index is 4.23. The third kappa shape index (κ3) is 3.06. The third-order valence-electron chi connectivity index (χ3n) is 2.81. The van der Waals surface area contributed by atoms with Gasteiger partial charge >= 0.3 is 0 Å². The van der Waals surface area contributed by atoms with Gasteiger partial charge in [-0.1, -0.05) is 12.1 Å². The summed E-state index contributed by atoms with van der Waals surface area (Å²) in [6.45, 7) is 6.58. The van der Waals surface area contributed by atoms with Crippen LogP contribution in [0.15, 0.2) is 12.1 Å². The fourth-order valence-electron chi connectivity index (χ4n) is 1.72. The van der Waals surface area contributed by atoms with E-state index in [0.29, 0.717) is 0 Å². The van der Waals surface area contributed by atoms with Crippen LogP contribution in [0.2, 0.25) is 0 Å². The van der Waals surface area contributed by atoms with Crippen LogP contribution in [0.5, 0.6) is 0 Å². The Morgan fingerprint density at radius 2 is 1.57 bits per heavy atom. The summed E-state index contributed by atoms with van der Waals surface area (Å²) in [5.74, 6) is 1.00. The molecule has 0 unspecified atom stereocenters. The number of hydrogen-bond acceptors (Lipinski definition) is 1. The topological polar surface area (TPSA) is 0 Å². The van der Waals surface area contributed by atoms with Crippen molar-refractivity contribution < 1.29 is 0 Å². The molecule has 0 aliphatic rings. The predicted octanol–water partition coefficient (Wildman–Crippen LogP) is 3.86. The molecule has 0 aromatic heterocycles. The molecule has 1 aromatic rings. The molecular formula is C13H20S. The van der Waals surface area contributed by atoms with Crippen LogP contribution in [-0.2, 0) is 6.42 Å². The summed E-state index contributed by atoms with van der Waals surface area (Å²) in [6, 6.07) is 4.63. The van der Waals surface area contributed by atoms with Crippen molar-refractivity contribution in [1.82, 2.24) is 0 Å². The van der Waals surface area contributed by atoms with Gasteiger partial charge in [0.05, 0.1) is 0 Å². The molecule has 0 heterocycles. The highest BCUT2D eigenvalue weighted by molar-refractivity contribution is 7.80. The Kier molecular flexibility index (Phi) is 4.53. The van der Waals surface area contributed by atoms with Crippen molar-refractivity contribution in [2.45, 2.75) is 40.0 Å². The summed E-state index contributed by atoms with van der Waals surface area (Å²) in [7, 11) is 0. The Hall–Kier alpha value is -0.430. The van der Waals surface area contributed by atoms with Gasteiger partial charge in [0, 0.05) is 0 Å². The lowest BCUT2D eigenvalue weighted by atomic mass is 9.97. The Morgan fingerprint density at radius 3 is 2.21 bits per heavy atom. The first-order chi connectivity index (χ1) is 6.65. The van der Waals surface area contributed by atoms with E-state index in [1.807, 2.05) is 0 Å². The zero-order valence-electron chi connectivity index (χ0n) is 9.43. The van der Waals surface area contributed by atoms with Crippen LogP contribution in [-0.4, -0.2) is 5.75 Å². The summed E-state index contributed by atoms with van der Waals surface area (Å²) in [6.07, 6.45) is 3.68. The lowest BCUT2D eigenvalue weighted by Gasteiger charge is -2.09. The van der Waals surface area contributed by atoms with Gasteiger partial charge in [0.2, 0.25) is 0 Å². The highest BCUT2D eigenvalue weighted by atomic mass is 32.1. The van der Waals surface area contributed by atoms with Crippen LogP contribution < -0.4 is 0 Å². The molecule has 1 aromatic carbocycles. The van der Waals surface area contributed by atoms with Gasteiger partial charge in [-0.3, -0.25) is 0 Å². The minimum atomic E-state index is 1.00. The molecule has 0 nitrogen and oxygen atoms in total. The SMILES string of the molecule is Cc1cc(C)c(CCCCS)cc1C. The minimum Gasteiger partial charge on any atom is -0.179 e. The van der Waals surface area contributed by atoms with E-state index in [9.17, 15) is 0 Å². The summed E-state index contributed by atoms with van der Waals surface area (Å²) in [4.78, 5) is 0. The summed E-state index contributed by atoms with van der Waals surface area (Å²) in [5.41, 5.74) is 5.76. The van der Waals surface area contributed by atoms with Crippen molar-refractivity contribution in [2.24, 2.45) is 0 Å². The van der Waals surface area contributed by atoms with E-state index >= 15 is 0 Å². The van der Waals surface area contributed by atoms with E-state index in [2.05, 4.69) is 45.5 Å². The van der Waals surface area contributed by atoms with Crippen molar-refractivity contribution in [3.05, 3.63) is 34.4 Å². The van der Waals surface area contributed by atoms with Crippen molar-refractivity contribution in [2.75, 3.05) is 5.75 Å². The van der Waals surface area contributed by atoms with Gasteiger partial charge in [0.15, 0.2) is 0 Å². The van der Waals surface area contributed by atoms with Crippen LogP contribution in [0.1, 0.15) is 35.1 Å². The average molecular weight is 208 g/mol. The molecular weight excluding hydrogens is 188 g/mol. The third-order valence-corrected chi connectivity index (χ3v) is 3.12. The fraction of sp³-hybridized carbons (Fsp3) is 0.538. The van der Waals surface area contributed by atoms with Gasteiger partial charge in [-0.15, -0.1) is 0 Å². The number of hydrogen-bond donors (Lipinski definition) is 1. The second kappa shape index (κ2) is 5.45. The van der Waals surface area contributed by atoms with E-state index in [0.717, 1.165) is 5.75 Å². The number of thiol groups is 1. The number of aryl methyl sites for hydroxylation is 4. The van der Waals surface area contributed by atoms with Gasteiger partial charge < -0.3 is 0 Å². The maximum atomic E-state index is 4.23. The molecule has 0 fully saturated rings. The standard InChI is InChI=1S/C13H20S/c1-10-8-12(3)13(9-11(10)2)6-4-5-7-14/h8-9,14H,4-7H2,1-3H3. The van der Waals surface area contributed by atoms with E-state index in [-0.39, 0.29) is 0 Å². The Labute approximate surface area is 93.1 Å². The average Bonchev–Trinajstić information content (AvgIpc) is 2.14. The second-order valence-corrected chi connectivity index (χ2v) is 4.49. The molecule has 14 heavy (non-hydrogen) atoms. The smallest absolute Gasteiger partial charge is 0.00978 e. The largest absolute Gasteiger partial charge is 0.179 e. The molecule has 0 N–H and O–H groups in total. The summed E-state index contributed by atoms with van der Waals surface area (Å²) < 4.78 is 0. The normalized spacial score (nSPS) is 10.6. The summed E-state index contributed by atoms with van der Waals surface area (Å²) >= 11 is 4.23. The Morgan fingerprint density at radius 1 is 0.929 bits per heavy atom. The second-order valence-electron chi connectivity index (χ2n) is 4.04. The van der Waals surface area contributed by atoms with Crippen LogP contribution in [0.3, 0.4) is 0 Å². The molecule has 0 saturated carbocycles. The van der Waals surface area contributed by atoms with Gasteiger partial charge in [-0.25, -0.2) is 0 Å². The van der Waals surface area contributed by atoms with E-state index in [4.69, 9.17) is 0 Å². The first-order valence-electron chi connectivity index (χ1n) is 5.32. The molecule has 0 atom stereocenters. The Balaban J connectivity index is 2.72. The molecule has 78 valence electrons. The van der Waals surface area contributed by atoms with Crippen molar-refractivity contribution >= 4 is 12.6 Å². The molecule has 0 saturated heterocycles. The molecule has 0 aliphatic heterocycles. The first kappa shape index (κ1) is 11.6. The zero-order chi connectivity index (χ0) is 10.6. The van der Waals surface area contributed by atoms with Gasteiger partial charge in [-0.2, -0.15) is 12.6 Å². The van der Waals surface area contributed by atoms with Crippen LogP contribution in [0.4, 0.5) is 0 Å². The highest BCUT2D eigenvalue weighted by Crippen LogP contribution is 2.17. The van der Waals surface area contributed by atoms with Crippen molar-refractivity contribution in [3.63, 3.8) is 0 Å². The first-order valence-corrected chi connectivity index (χ1v) is 5.96. The van der Waals surface area contributed by atoms with Crippen LogP contribution >= 0.6 is 12.6 Å². The maximum Gasteiger partial charge on any atom is -0.00978 e. The highest BCUT2D eigenvalue weighted by Gasteiger charge is 2.01. The molecule has 0 spiro atoms. The molecule has 0 aliphatic carbocycles. The Bertz CT molecular complexity index is 302. The van der Waals surface area contributed by atoms with Gasteiger partial charge in [-0.05, 0) is 68.0 Å². The number of unbranched alkanes of at least 4 members (excludes halogenated alkanes) is 1. The van der Waals surface area contributed by atoms with Gasteiger partial charge in [0.25, 0.3) is 0 Å². The zero-order valence-corrected chi connectivity index (χ0v) is 10.3. The van der Waals surface area contributed by atoms with Crippen LogP contribution in [0.25, 0.3) is 0 Å². The van der Waals surface area contributed by atoms with Crippen molar-refractivity contribution in [1.29, 1.82) is 0 Å². The summed E-state index contributed by atoms with van der Waals surface area (Å²) in [5, 5.41) is 0. The fourth-order valence-corrected chi connectivity index (χ4v) is 1.94. The molecule has 0 amide bonds. The predicted molar refractivity (Wildman–Crippen MR) is 67.4 cm³/mol. The van der Waals surface area contributed by atoms with E-state index < -0.39 is 0 Å². The van der Waals surface area contributed by atoms with E-state index in [1.54, 1.807) is 0 Å². The lowest BCUT2D eigenvalue weighted by molar-refractivity contribution is 0.799.